The van der Waals surface area contributed by atoms with Crippen molar-refractivity contribution in [2.45, 2.75) is 38.6 Å². The van der Waals surface area contributed by atoms with Gasteiger partial charge in [0.25, 0.3) is 6.01 Å². The molecule has 26 heavy (non-hydrogen) atoms. The highest BCUT2D eigenvalue weighted by Gasteiger charge is 2.31. The fraction of sp³-hybridized carbons (Fsp3) is 0.500. The molecule has 0 radical (unpaired) electrons. The van der Waals surface area contributed by atoms with E-state index in [9.17, 15) is 4.39 Å². The number of rotatable bonds is 5. The van der Waals surface area contributed by atoms with Crippen LogP contribution in [0.1, 0.15) is 50.4 Å². The summed E-state index contributed by atoms with van der Waals surface area (Å²) < 4.78 is 30.1. The van der Waals surface area contributed by atoms with Gasteiger partial charge in [0.1, 0.15) is 17.4 Å². The van der Waals surface area contributed by atoms with Crippen LogP contribution in [0, 0.1) is 11.7 Å². The highest BCUT2D eigenvalue weighted by Crippen LogP contribution is 2.33. The number of aromatic nitrogens is 3. The third-order valence-corrected chi connectivity index (χ3v) is 4.61. The standard InChI is InChI=1S/C18H21FN4O3/c1-10(2)16-22-17(26-23-16)15(11-5-7-24-8-6-11)21-18-20-13-9-12(19)3-4-14(13)25-18/h3-4,9-11,15H,5-8H2,1-2H3,(H,20,21)/t15-/m1/s1. The number of fused-ring (bicyclic) bond motifs is 1. The second-order valence-corrected chi connectivity index (χ2v) is 6.85. The Morgan fingerprint density at radius 1 is 1.19 bits per heavy atom. The summed E-state index contributed by atoms with van der Waals surface area (Å²) in [5.41, 5.74) is 0.986. The van der Waals surface area contributed by atoms with Crippen LogP contribution in [0.4, 0.5) is 10.4 Å². The molecular weight excluding hydrogens is 339 g/mol. The molecule has 1 aromatic carbocycles. The smallest absolute Gasteiger partial charge is 0.296 e. The van der Waals surface area contributed by atoms with Gasteiger partial charge in [-0.3, -0.25) is 0 Å². The van der Waals surface area contributed by atoms with E-state index in [1.807, 2.05) is 13.8 Å². The van der Waals surface area contributed by atoms with Gasteiger partial charge in [0, 0.05) is 25.2 Å². The van der Waals surface area contributed by atoms with Crippen LogP contribution in [0.2, 0.25) is 0 Å². The number of nitrogens with zero attached hydrogens (tertiary/aromatic N) is 3. The van der Waals surface area contributed by atoms with E-state index in [-0.39, 0.29) is 23.7 Å². The summed E-state index contributed by atoms with van der Waals surface area (Å²) in [6.07, 6.45) is 1.73. The lowest BCUT2D eigenvalue weighted by Gasteiger charge is -2.28. The van der Waals surface area contributed by atoms with E-state index >= 15 is 0 Å². The largest absolute Gasteiger partial charge is 0.424 e. The van der Waals surface area contributed by atoms with Gasteiger partial charge in [0.15, 0.2) is 11.4 Å². The Labute approximate surface area is 149 Å². The van der Waals surface area contributed by atoms with Gasteiger partial charge in [0.2, 0.25) is 5.89 Å². The second kappa shape index (κ2) is 7.03. The van der Waals surface area contributed by atoms with Crippen LogP contribution >= 0.6 is 0 Å². The van der Waals surface area contributed by atoms with E-state index in [4.69, 9.17) is 13.7 Å². The van der Waals surface area contributed by atoms with Crippen LogP contribution in [0.3, 0.4) is 0 Å². The maximum absolute atomic E-state index is 13.4. The Hall–Kier alpha value is -2.48. The summed E-state index contributed by atoms with van der Waals surface area (Å²) in [6, 6.07) is 4.33. The number of ether oxygens (including phenoxy) is 1. The molecule has 2 aromatic heterocycles. The van der Waals surface area contributed by atoms with Crippen LogP contribution < -0.4 is 5.32 Å². The average Bonchev–Trinajstić information content (AvgIpc) is 3.26. The molecule has 0 aliphatic carbocycles. The Balaban J connectivity index is 1.64. The number of hydrogen-bond donors (Lipinski definition) is 1. The Bertz CT molecular complexity index is 886. The lowest BCUT2D eigenvalue weighted by atomic mass is 9.91. The van der Waals surface area contributed by atoms with Crippen LogP contribution in [0.25, 0.3) is 11.1 Å². The zero-order valence-electron chi connectivity index (χ0n) is 14.7. The lowest BCUT2D eigenvalue weighted by Crippen LogP contribution is -2.27. The third-order valence-electron chi connectivity index (χ3n) is 4.61. The van der Waals surface area contributed by atoms with Gasteiger partial charge in [0.05, 0.1) is 0 Å². The molecule has 1 fully saturated rings. The molecule has 1 N–H and O–H groups in total. The molecule has 0 bridgehead atoms. The SMILES string of the molecule is CC(C)c1noc([C@H](Nc2nc3cc(F)ccc3o2)C2CCOCC2)n1. The minimum Gasteiger partial charge on any atom is -0.424 e. The molecule has 1 aliphatic heterocycles. The minimum absolute atomic E-state index is 0.176. The highest BCUT2D eigenvalue weighted by atomic mass is 19.1. The van der Waals surface area contributed by atoms with Gasteiger partial charge < -0.3 is 19.0 Å². The first-order valence-corrected chi connectivity index (χ1v) is 8.84. The summed E-state index contributed by atoms with van der Waals surface area (Å²) in [5.74, 6) is 1.25. The zero-order valence-corrected chi connectivity index (χ0v) is 14.7. The van der Waals surface area contributed by atoms with E-state index < -0.39 is 0 Å². The average molecular weight is 360 g/mol. The van der Waals surface area contributed by atoms with Gasteiger partial charge in [-0.1, -0.05) is 19.0 Å². The first kappa shape index (κ1) is 17.0. The first-order valence-electron chi connectivity index (χ1n) is 8.84. The normalized spacial score (nSPS) is 17.1. The van der Waals surface area contributed by atoms with Gasteiger partial charge in [-0.25, -0.2) is 4.39 Å². The maximum Gasteiger partial charge on any atom is 0.296 e. The van der Waals surface area contributed by atoms with E-state index in [1.54, 1.807) is 6.07 Å². The van der Waals surface area contributed by atoms with E-state index in [0.717, 1.165) is 12.8 Å². The van der Waals surface area contributed by atoms with Crippen molar-refractivity contribution in [3.8, 4) is 0 Å². The third kappa shape index (κ3) is 3.41. The van der Waals surface area contributed by atoms with Crippen molar-refractivity contribution in [1.29, 1.82) is 0 Å². The maximum atomic E-state index is 13.4. The first-order chi connectivity index (χ1) is 12.6. The molecule has 0 spiro atoms. The topological polar surface area (TPSA) is 86.2 Å². The number of oxazole rings is 1. The van der Waals surface area contributed by atoms with Crippen LogP contribution in [-0.4, -0.2) is 28.3 Å². The van der Waals surface area contributed by atoms with Crippen molar-refractivity contribution in [1.82, 2.24) is 15.1 Å². The predicted octanol–water partition coefficient (Wildman–Crippen LogP) is 4.05. The molecule has 0 saturated carbocycles. The summed E-state index contributed by atoms with van der Waals surface area (Å²) in [5, 5.41) is 7.34. The molecule has 1 atom stereocenters. The molecule has 0 unspecified atom stereocenters. The Morgan fingerprint density at radius 3 is 2.73 bits per heavy atom. The number of nitrogens with one attached hydrogen (secondary N) is 1. The van der Waals surface area contributed by atoms with Gasteiger partial charge in [-0.2, -0.15) is 9.97 Å². The van der Waals surface area contributed by atoms with Crippen LogP contribution in [0.5, 0.6) is 0 Å². The van der Waals surface area contributed by atoms with E-state index in [0.29, 0.717) is 42.0 Å². The van der Waals surface area contributed by atoms with Crippen LogP contribution in [0.15, 0.2) is 27.1 Å². The Kier molecular flexibility index (Phi) is 4.58. The highest BCUT2D eigenvalue weighted by molar-refractivity contribution is 5.74. The zero-order chi connectivity index (χ0) is 18.1. The monoisotopic (exact) mass is 360 g/mol. The quantitative estimate of drug-likeness (QED) is 0.734. The van der Waals surface area contributed by atoms with Gasteiger partial charge in [-0.05, 0) is 30.9 Å². The molecule has 138 valence electrons. The molecule has 3 heterocycles. The summed E-state index contributed by atoms with van der Waals surface area (Å²) in [4.78, 5) is 8.88. The van der Waals surface area contributed by atoms with Crippen molar-refractivity contribution in [2.24, 2.45) is 5.92 Å². The number of halogens is 1. The van der Waals surface area contributed by atoms with Crippen molar-refractivity contribution in [2.75, 3.05) is 18.5 Å². The summed E-state index contributed by atoms with van der Waals surface area (Å²) >= 11 is 0. The number of hydrogen-bond acceptors (Lipinski definition) is 7. The van der Waals surface area contributed by atoms with E-state index in [2.05, 4.69) is 20.4 Å². The molecule has 8 heteroatoms. The Morgan fingerprint density at radius 2 is 2.00 bits per heavy atom. The number of anilines is 1. The molecule has 0 amide bonds. The molecule has 1 aliphatic rings. The van der Waals surface area contributed by atoms with Crippen molar-refractivity contribution in [3.63, 3.8) is 0 Å². The van der Waals surface area contributed by atoms with Crippen molar-refractivity contribution < 1.29 is 18.1 Å². The van der Waals surface area contributed by atoms with Crippen molar-refractivity contribution in [3.05, 3.63) is 35.7 Å². The summed E-state index contributed by atoms with van der Waals surface area (Å²) in [7, 11) is 0. The molecular formula is C18H21FN4O3. The fourth-order valence-corrected chi connectivity index (χ4v) is 3.13. The number of benzene rings is 1. The van der Waals surface area contributed by atoms with Gasteiger partial charge >= 0.3 is 0 Å². The van der Waals surface area contributed by atoms with Gasteiger partial charge in [-0.15, -0.1) is 0 Å². The fourth-order valence-electron chi connectivity index (χ4n) is 3.13. The summed E-state index contributed by atoms with van der Waals surface area (Å²) in [6.45, 7) is 5.40. The van der Waals surface area contributed by atoms with E-state index in [1.165, 1.54) is 12.1 Å². The molecule has 1 saturated heterocycles. The minimum atomic E-state index is -0.350. The molecule has 7 nitrogen and oxygen atoms in total. The lowest BCUT2D eigenvalue weighted by molar-refractivity contribution is 0.0568. The predicted molar refractivity (Wildman–Crippen MR) is 92.3 cm³/mol. The molecule has 3 aromatic rings. The van der Waals surface area contributed by atoms with Crippen LogP contribution in [-0.2, 0) is 4.74 Å². The second-order valence-electron chi connectivity index (χ2n) is 6.85. The molecule has 4 rings (SSSR count). The van der Waals surface area contributed by atoms with Crippen molar-refractivity contribution >= 4 is 17.1 Å².